The van der Waals surface area contributed by atoms with Crippen LogP contribution in [0.3, 0.4) is 0 Å². The van der Waals surface area contributed by atoms with Crippen molar-refractivity contribution in [3.63, 3.8) is 0 Å². The van der Waals surface area contributed by atoms with E-state index in [0.29, 0.717) is 0 Å². The summed E-state index contributed by atoms with van der Waals surface area (Å²) in [6.07, 6.45) is 0. The summed E-state index contributed by atoms with van der Waals surface area (Å²) in [6, 6.07) is 5.88. The van der Waals surface area contributed by atoms with E-state index in [9.17, 15) is 0 Å². The van der Waals surface area contributed by atoms with Crippen molar-refractivity contribution in [1.29, 1.82) is 0 Å². The molecule has 0 saturated carbocycles. The van der Waals surface area contributed by atoms with Gasteiger partial charge in [-0.15, -0.1) is 0 Å². The molecule has 0 aromatic heterocycles. The molecule has 0 radical (unpaired) electrons. The van der Waals surface area contributed by atoms with Gasteiger partial charge < -0.3 is 5.32 Å². The molecule has 0 unspecified atom stereocenters. The molecular formula is C10H10Br2ClN. The van der Waals surface area contributed by atoms with Crippen molar-refractivity contribution in [3.05, 3.63) is 44.3 Å². The van der Waals surface area contributed by atoms with Gasteiger partial charge in [0.25, 0.3) is 0 Å². The number of rotatable bonds is 4. The maximum Gasteiger partial charge on any atom is 0.0548 e. The lowest BCUT2D eigenvalue weighted by atomic mass is 10.2. The predicted octanol–water partition coefficient (Wildman–Crippen LogP) is 4.10. The lowest BCUT2D eigenvalue weighted by Crippen LogP contribution is -2.14. The van der Waals surface area contributed by atoms with E-state index in [1.807, 2.05) is 18.2 Å². The lowest BCUT2D eigenvalue weighted by molar-refractivity contribution is 0.757. The first-order valence-corrected chi connectivity index (χ1v) is 6.04. The molecule has 0 fully saturated rings. The highest BCUT2D eigenvalue weighted by molar-refractivity contribution is 9.11. The topological polar surface area (TPSA) is 12.0 Å². The van der Waals surface area contributed by atoms with E-state index in [-0.39, 0.29) is 0 Å². The molecule has 0 aliphatic carbocycles. The Morgan fingerprint density at radius 3 is 2.79 bits per heavy atom. The molecule has 4 heteroatoms. The Bertz CT molecular complexity index is 339. The Hall–Kier alpha value is 0.170. The van der Waals surface area contributed by atoms with Crippen LogP contribution in [-0.2, 0) is 6.54 Å². The minimum absolute atomic E-state index is 0.735. The van der Waals surface area contributed by atoms with Gasteiger partial charge in [0.2, 0.25) is 0 Å². The van der Waals surface area contributed by atoms with Crippen molar-refractivity contribution in [2.24, 2.45) is 0 Å². The lowest BCUT2D eigenvalue weighted by Gasteiger charge is -2.04. The summed E-state index contributed by atoms with van der Waals surface area (Å²) in [5, 5.41) is 3.97. The van der Waals surface area contributed by atoms with E-state index in [4.69, 9.17) is 11.6 Å². The number of halogens is 3. The second kappa shape index (κ2) is 5.91. The molecule has 0 aliphatic rings. The van der Waals surface area contributed by atoms with Gasteiger partial charge in [0.1, 0.15) is 0 Å². The zero-order valence-corrected chi connectivity index (χ0v) is 11.4. The highest BCUT2D eigenvalue weighted by atomic mass is 79.9. The van der Waals surface area contributed by atoms with Crippen molar-refractivity contribution in [1.82, 2.24) is 5.32 Å². The van der Waals surface area contributed by atoms with E-state index in [1.54, 1.807) is 0 Å². The van der Waals surface area contributed by atoms with Gasteiger partial charge in [-0.3, -0.25) is 0 Å². The van der Waals surface area contributed by atoms with Gasteiger partial charge in [-0.25, -0.2) is 0 Å². The first kappa shape index (κ1) is 12.2. The van der Waals surface area contributed by atoms with Gasteiger partial charge in [-0.2, -0.15) is 0 Å². The highest BCUT2D eigenvalue weighted by Crippen LogP contribution is 2.23. The molecule has 1 aromatic carbocycles. The van der Waals surface area contributed by atoms with Gasteiger partial charge in [-0.1, -0.05) is 40.2 Å². The third-order valence-corrected chi connectivity index (χ3v) is 3.12. The van der Waals surface area contributed by atoms with Crippen molar-refractivity contribution in [2.75, 3.05) is 6.54 Å². The van der Waals surface area contributed by atoms with Crippen LogP contribution in [0.5, 0.6) is 0 Å². The Labute approximate surface area is 106 Å². The van der Waals surface area contributed by atoms with Crippen LogP contribution >= 0.6 is 43.5 Å². The largest absolute Gasteiger partial charge is 0.308 e. The fourth-order valence-electron chi connectivity index (χ4n) is 0.992. The first-order valence-electron chi connectivity index (χ1n) is 4.07. The van der Waals surface area contributed by atoms with E-state index < -0.39 is 0 Å². The maximum atomic E-state index is 5.88. The predicted molar refractivity (Wildman–Crippen MR) is 68.9 cm³/mol. The van der Waals surface area contributed by atoms with Crippen molar-refractivity contribution in [2.45, 2.75) is 6.54 Å². The summed E-state index contributed by atoms with van der Waals surface area (Å²) < 4.78 is 1.88. The summed E-state index contributed by atoms with van der Waals surface area (Å²) in [5.74, 6) is 0. The quantitative estimate of drug-likeness (QED) is 0.871. The van der Waals surface area contributed by atoms with Crippen molar-refractivity contribution >= 4 is 43.5 Å². The third-order valence-electron chi connectivity index (χ3n) is 1.63. The van der Waals surface area contributed by atoms with Crippen molar-refractivity contribution in [3.8, 4) is 0 Å². The molecule has 1 nitrogen and oxygen atoms in total. The van der Waals surface area contributed by atoms with E-state index in [2.05, 4.69) is 43.8 Å². The average molecular weight is 339 g/mol. The van der Waals surface area contributed by atoms with Gasteiger partial charge >= 0.3 is 0 Å². The van der Waals surface area contributed by atoms with Gasteiger partial charge in [0, 0.05) is 22.0 Å². The van der Waals surface area contributed by atoms with Crippen LogP contribution in [-0.4, -0.2) is 6.54 Å². The van der Waals surface area contributed by atoms with E-state index in [0.717, 1.165) is 27.1 Å². The summed E-state index contributed by atoms with van der Waals surface area (Å²) in [6.45, 7) is 5.31. The summed E-state index contributed by atoms with van der Waals surface area (Å²) >= 11 is 12.5. The second-order valence-corrected chi connectivity index (χ2v) is 5.25. The molecule has 0 heterocycles. The molecule has 0 amide bonds. The molecule has 0 bridgehead atoms. The highest BCUT2D eigenvalue weighted by Gasteiger charge is 1.98. The Balaban J connectivity index is 2.51. The normalized spacial score (nSPS) is 10.2. The fraction of sp³-hybridized carbons (Fsp3) is 0.200. The van der Waals surface area contributed by atoms with Crippen molar-refractivity contribution < 1.29 is 0 Å². The maximum absolute atomic E-state index is 5.88. The average Bonchev–Trinajstić information content (AvgIpc) is 2.10. The smallest absolute Gasteiger partial charge is 0.0548 e. The monoisotopic (exact) mass is 337 g/mol. The molecule has 0 aliphatic heterocycles. The zero-order chi connectivity index (χ0) is 10.6. The number of benzene rings is 1. The number of hydrogen-bond acceptors (Lipinski definition) is 1. The summed E-state index contributed by atoms with van der Waals surface area (Å²) in [7, 11) is 0. The van der Waals surface area contributed by atoms with E-state index >= 15 is 0 Å². The third kappa shape index (κ3) is 4.13. The molecule has 1 aromatic rings. The van der Waals surface area contributed by atoms with Gasteiger partial charge in [-0.05, 0) is 33.6 Å². The molecule has 14 heavy (non-hydrogen) atoms. The first-order chi connectivity index (χ1) is 6.59. The molecule has 1 rings (SSSR count). The molecule has 0 atom stereocenters. The zero-order valence-electron chi connectivity index (χ0n) is 7.49. The second-order valence-electron chi connectivity index (χ2n) is 2.87. The Kier molecular flexibility index (Phi) is 5.17. The Morgan fingerprint density at radius 1 is 1.50 bits per heavy atom. The minimum Gasteiger partial charge on any atom is -0.308 e. The van der Waals surface area contributed by atoms with Crippen LogP contribution in [0.25, 0.3) is 0 Å². The standard InChI is InChI=1S/C10H10Br2ClN/c1-7(11)5-14-6-8-2-3-10(13)9(12)4-8/h2-4,14H,1,5-6H2. The molecular weight excluding hydrogens is 329 g/mol. The molecule has 0 spiro atoms. The number of nitrogens with one attached hydrogen (secondary N) is 1. The molecule has 1 N–H and O–H groups in total. The van der Waals surface area contributed by atoms with Crippen LogP contribution in [0, 0.1) is 0 Å². The van der Waals surface area contributed by atoms with E-state index in [1.165, 1.54) is 5.56 Å². The van der Waals surface area contributed by atoms with Crippen LogP contribution in [0.15, 0.2) is 33.7 Å². The van der Waals surface area contributed by atoms with Gasteiger partial charge in [0.05, 0.1) is 5.02 Å². The van der Waals surface area contributed by atoms with Crippen LogP contribution in [0.4, 0.5) is 0 Å². The number of hydrogen-bond donors (Lipinski definition) is 1. The molecule has 0 saturated heterocycles. The van der Waals surface area contributed by atoms with Gasteiger partial charge in [0.15, 0.2) is 0 Å². The van der Waals surface area contributed by atoms with Crippen LogP contribution < -0.4 is 5.32 Å². The van der Waals surface area contributed by atoms with Crippen LogP contribution in [0.1, 0.15) is 5.56 Å². The summed E-state index contributed by atoms with van der Waals surface area (Å²) in [5.41, 5.74) is 1.19. The Morgan fingerprint density at radius 2 is 2.21 bits per heavy atom. The fourth-order valence-corrected chi connectivity index (χ4v) is 1.73. The molecule has 76 valence electrons. The SMILES string of the molecule is C=C(Br)CNCc1ccc(Cl)c(Br)c1. The van der Waals surface area contributed by atoms with Crippen LogP contribution in [0.2, 0.25) is 5.02 Å². The minimum atomic E-state index is 0.735. The summed E-state index contributed by atoms with van der Waals surface area (Å²) in [4.78, 5) is 0.